The summed E-state index contributed by atoms with van der Waals surface area (Å²) in [6.45, 7) is -5.81. The maximum atomic E-state index is 14.9. The molecule has 40 nitrogen and oxygen atoms in total. The van der Waals surface area contributed by atoms with E-state index in [1.54, 1.807) is 0 Å². The molecule has 48 heteroatoms. The highest BCUT2D eigenvalue weighted by Crippen LogP contribution is 2.50. The van der Waals surface area contributed by atoms with Gasteiger partial charge in [-0.25, -0.2) is 76.2 Å². The molecule has 12 aromatic rings. The Balaban J connectivity index is 0.000000167. The van der Waals surface area contributed by atoms with Gasteiger partial charge in [-0.3, -0.25) is 0 Å². The van der Waals surface area contributed by atoms with Crippen LogP contribution in [0, 0.1) is 51.0 Å². The molecule has 4 aromatic carbocycles. The van der Waals surface area contributed by atoms with E-state index in [1.165, 1.54) is 27.7 Å². The van der Waals surface area contributed by atoms with Crippen molar-refractivity contribution in [1.82, 2.24) is 99.8 Å². The van der Waals surface area contributed by atoms with Crippen LogP contribution in [0.1, 0.15) is 262 Å². The fourth-order valence-electron chi connectivity index (χ4n) is 15.7. The Labute approximate surface area is 911 Å². The van der Waals surface area contributed by atoms with E-state index >= 15 is 0 Å². The van der Waals surface area contributed by atoms with Crippen molar-refractivity contribution in [2.24, 2.45) is 0 Å². The highest BCUT2D eigenvalue weighted by atomic mass is 32.2. The average Bonchev–Trinajstić information content (AvgIpc) is 1.51. The topological polar surface area (TPSA) is 554 Å². The normalized spacial score (nSPS) is 37.1. The standard InChI is InChI=1S/4C24H31FN6O4S/c4*1-3-8-36-24-27-22(26-16-10-14(16)13-5-4-12(2)15(25)9-13)19-23(28-24)31(30-29-19)17-11-18(35-7-6-32)21(34)20(17)33/h4*4-5,9,14,16-18,20-21,32-34H,3,6-8,10-11H2,1-2H3,(H,26,27,28)/t4*14-,16+,17+,18-,20-,21+/m0000/s1/i3D2,4D,5D,6D2,7D2,8D2,9D,10D2,14D;3D2,4D,5D,7D2,8D2,9D,10D2,14D;3D2,4D,5D,6D2,8D2,9D,10D2,14D;3D2,4D,5D,8D2,9D,10D2,14D. The van der Waals surface area contributed by atoms with E-state index < -0.39 is 404 Å². The van der Waals surface area contributed by atoms with E-state index in [0.717, 1.165) is 46.4 Å². The molecule has 776 valence electrons. The van der Waals surface area contributed by atoms with E-state index in [9.17, 15) is 73.7 Å². The van der Waals surface area contributed by atoms with Crippen LogP contribution in [0.4, 0.5) is 40.8 Å². The van der Waals surface area contributed by atoms with Gasteiger partial charge in [0.2, 0.25) is 0 Å². The molecule has 0 saturated heterocycles. The summed E-state index contributed by atoms with van der Waals surface area (Å²) in [7, 11) is 0. The summed E-state index contributed by atoms with van der Waals surface area (Å²) >= 11 is 0.982. The number of nitrogens with zero attached hydrogens (tertiary/aromatic N) is 20. The first-order chi connectivity index (χ1) is 87.6. The van der Waals surface area contributed by atoms with Crippen LogP contribution in [0.25, 0.3) is 44.7 Å². The molecule has 8 aliphatic carbocycles. The Morgan fingerprint density at radius 2 is 0.618 bits per heavy atom. The van der Waals surface area contributed by atoms with Crippen LogP contribution in [-0.4, -0.2) is 334 Å². The van der Waals surface area contributed by atoms with Gasteiger partial charge in [-0.2, -0.15) is 0 Å². The molecule has 24 atom stereocenters. The molecule has 8 heterocycles. The number of aliphatic hydroxyl groups is 12. The summed E-state index contributed by atoms with van der Waals surface area (Å²) in [5, 5.41) is 164. The smallest absolute Gasteiger partial charge is 0.191 e. The molecular formula is C96H124F4N24O16S4. The lowest BCUT2D eigenvalue weighted by molar-refractivity contribution is -0.0629. The number of hydrogen-bond donors (Lipinski definition) is 16. The minimum atomic E-state index is -3.51. The molecule has 0 amide bonds. The van der Waals surface area contributed by atoms with Crippen molar-refractivity contribution in [3.8, 4) is 0 Å². The summed E-state index contributed by atoms with van der Waals surface area (Å²) in [5.41, 5.74) is -16.4. The zero-order valence-corrected chi connectivity index (χ0v) is 79.6. The second kappa shape index (κ2) is 47.3. The zero-order chi connectivity index (χ0) is 144. The lowest BCUT2D eigenvalue weighted by Gasteiger charge is -2.17. The first kappa shape index (κ1) is 60.8. The predicted molar refractivity (Wildman–Crippen MR) is 530 cm³/mol. The second-order valence-corrected chi connectivity index (χ2v) is 35.6. The van der Waals surface area contributed by atoms with Crippen LogP contribution < -0.4 is 21.3 Å². The number of halogens is 4. The molecule has 0 spiro atoms. The Morgan fingerprint density at radius 3 is 0.861 bits per heavy atom. The van der Waals surface area contributed by atoms with E-state index in [-0.39, 0.29) is 157 Å². The third-order valence-corrected chi connectivity index (χ3v) is 25.8. The first-order valence-electron chi connectivity index (χ1n) is 67.6. The van der Waals surface area contributed by atoms with Gasteiger partial charge in [-0.05, 0) is 147 Å². The highest BCUT2D eigenvalue weighted by Gasteiger charge is 2.51. The Kier molecular flexibility index (Phi) is 20.0. The molecule has 8 aliphatic rings. The summed E-state index contributed by atoms with van der Waals surface area (Å²) < 4.78 is 476. The number of hydrogen-bond acceptors (Lipinski definition) is 40. The first-order valence-corrected chi connectivity index (χ1v) is 46.9. The van der Waals surface area contributed by atoms with Crippen LogP contribution in [0.15, 0.2) is 93.1 Å². The van der Waals surface area contributed by atoms with Gasteiger partial charge in [0.25, 0.3) is 0 Å². The third-order valence-electron chi connectivity index (χ3n) is 23.2. The molecule has 0 bridgehead atoms. The molecule has 8 fully saturated rings. The van der Waals surface area contributed by atoms with Crippen molar-refractivity contribution >= 4 is 115 Å². The number of ether oxygens (including phenoxy) is 4. The van der Waals surface area contributed by atoms with Crippen LogP contribution in [0.3, 0.4) is 0 Å². The lowest BCUT2D eigenvalue weighted by atomic mass is 10.1. The average molecular weight is 2120 g/mol. The molecule has 0 radical (unpaired) electrons. The van der Waals surface area contributed by atoms with E-state index in [0.29, 0.717) is 11.8 Å². The van der Waals surface area contributed by atoms with Crippen molar-refractivity contribution in [2.75, 3.05) is 96.8 Å². The molecule has 144 heavy (non-hydrogen) atoms. The fraction of sp³-hybridized carbons (Fsp3) is 0.583. The monoisotopic (exact) mass is 2120 g/mol. The number of benzene rings is 4. The maximum absolute atomic E-state index is 14.9. The second-order valence-electron chi connectivity index (χ2n) is 32.5. The highest BCUT2D eigenvalue weighted by molar-refractivity contribution is 7.99. The van der Waals surface area contributed by atoms with Crippen molar-refractivity contribution in [3.05, 3.63) is 140 Å². The van der Waals surface area contributed by atoms with E-state index in [1.807, 2.05) is 0 Å². The van der Waals surface area contributed by atoms with E-state index in [2.05, 4.69) is 102 Å². The van der Waals surface area contributed by atoms with Crippen molar-refractivity contribution in [3.63, 3.8) is 0 Å². The number of rotatable bonds is 40. The predicted octanol–water partition coefficient (Wildman–Crippen LogP) is 8.73. The van der Waals surface area contributed by atoms with Gasteiger partial charge in [0.15, 0.2) is 88.6 Å². The number of aromatic nitrogens is 20. The van der Waals surface area contributed by atoms with Gasteiger partial charge < -0.3 is 101 Å². The molecule has 8 saturated carbocycles. The molecule has 20 rings (SSSR count). The maximum Gasteiger partial charge on any atom is 0.191 e. The molecular weight excluding hydrogens is 1950 g/mol. The molecule has 0 aliphatic heterocycles. The molecule has 0 unspecified atom stereocenters. The summed E-state index contributed by atoms with van der Waals surface area (Å²) in [6, 6.07) is -20.3. The number of fused-ring (bicyclic) bond motifs is 4. The van der Waals surface area contributed by atoms with Crippen LogP contribution in [0.5, 0.6) is 0 Å². The van der Waals surface area contributed by atoms with E-state index in [4.69, 9.17) is 89.9 Å². The minimum Gasteiger partial charge on any atom is -0.394 e. The van der Waals surface area contributed by atoms with Gasteiger partial charge in [-0.15, -0.1) is 20.4 Å². The third kappa shape index (κ3) is 23.8. The number of thioether (sulfide) groups is 4. The number of aliphatic hydroxyl groups excluding tert-OH is 10. The van der Waals surface area contributed by atoms with Gasteiger partial charge in [0, 0.05) is 135 Å². The largest absolute Gasteiger partial charge is 0.394 e. The summed E-state index contributed by atoms with van der Waals surface area (Å²) in [5.74, 6) is -16.1. The molecule has 8 aromatic heterocycles. The lowest BCUT2D eigenvalue weighted by Crippen LogP contribution is -2.33. The summed E-state index contributed by atoms with van der Waals surface area (Å²) in [6.07, 6.45) is -39.0. The SMILES string of the molecule is [2H]c1c([2H])c([C@@]2([2H])[C@H](Nc3nc(SC([2H])([2H])C([2H])([2H])C)nc4c3nnn4[C@@H]3C[C@H](OC([2H])([2H])C([2H])([2H])O)[C@@H](O)[C@H]3O)C2([2H])[2H])c([2H])c(F)c1C.[2H]c1c([2H])c([C@@]2([2H])[C@H](Nc3nc(SC([2H])([2H])C([2H])([2H])C)nc4c3nnn4[C@@H]3C[C@H](OC([2H])([2H])CO)[C@@H](O)[C@H]3O)C2([2H])[2H])c([2H])c(F)c1C.[2H]c1c([2H])c([C@@]2([2H])[C@H](Nc3nc(SC([2H])([2H])C([2H])([2H])C)nc4c3nnn4[C@@H]3C[C@H](OCC([2H])([2H])O)[C@@H](O)[C@H]3O)C2([2H])[2H])c([2H])c(F)c1C.[2H]c1c([2H])c([C@@]2([2H])[C@H](Nc3nc(SC([2H])([2H])C([2H])([2H])C)nc4c3nnn4[C@@H]3C[C@H](OCCO)[C@@H](O)[C@H]3O)C2([2H])[2H])c([2H])c(F)c1C. The van der Waals surface area contributed by atoms with Gasteiger partial charge >= 0.3 is 0 Å². The van der Waals surface area contributed by atoms with Gasteiger partial charge in [0.05, 0.1) is 129 Å². The zero-order valence-electron chi connectivity index (χ0n) is 124. The minimum absolute atomic E-state index is 0.0115. The Bertz CT molecular complexity index is 8950. The van der Waals surface area contributed by atoms with Crippen molar-refractivity contribution in [1.29, 1.82) is 0 Å². The van der Waals surface area contributed by atoms with Crippen LogP contribution in [0.2, 0.25) is 0 Å². The van der Waals surface area contributed by atoms with Gasteiger partial charge in [-0.1, -0.05) is 144 Å². The Morgan fingerprint density at radius 1 is 0.361 bits per heavy atom. The van der Waals surface area contributed by atoms with Crippen LogP contribution in [-0.2, 0) is 18.9 Å². The molecule has 16 N–H and O–H groups in total. The van der Waals surface area contributed by atoms with Crippen LogP contribution >= 0.6 is 47.0 Å². The number of nitrogens with one attached hydrogen (secondary N) is 4. The Hall–Kier alpha value is -9.52. The van der Waals surface area contributed by atoms with Crippen molar-refractivity contribution < 1.29 is 164 Å². The number of anilines is 4. The quantitative estimate of drug-likeness (QED) is 0.00969. The van der Waals surface area contributed by atoms with Crippen molar-refractivity contribution in [2.45, 2.75) is 298 Å². The van der Waals surface area contributed by atoms with Gasteiger partial charge in [0.1, 0.15) is 72.1 Å². The fourth-order valence-corrected chi connectivity index (χ4v) is 17.6. The summed E-state index contributed by atoms with van der Waals surface area (Å²) in [4.78, 5) is 33.8.